The quantitative estimate of drug-likeness (QED) is 0.901. The van der Waals surface area contributed by atoms with Crippen molar-refractivity contribution in [3.63, 3.8) is 0 Å². The molecular formula is C12H11ClO2S. The largest absolute Gasteiger partial charge is 0.456 e. The standard InChI is InChI=1S/C12H11ClO2S/c13-9-1-3-10(4-2-9)15-11-7-12(5-6-14)16-8-11/h1-4,7-8,14H,5-6H2. The van der Waals surface area contributed by atoms with Crippen molar-refractivity contribution >= 4 is 22.9 Å². The number of rotatable bonds is 4. The molecule has 0 fully saturated rings. The number of aliphatic hydroxyl groups excluding tert-OH is 1. The fourth-order valence-corrected chi connectivity index (χ4v) is 2.20. The third kappa shape index (κ3) is 2.98. The summed E-state index contributed by atoms with van der Waals surface area (Å²) in [6.07, 6.45) is 0.675. The van der Waals surface area contributed by atoms with Crippen molar-refractivity contribution in [3.05, 3.63) is 45.6 Å². The Morgan fingerprint density at radius 3 is 2.62 bits per heavy atom. The predicted octanol–water partition coefficient (Wildman–Crippen LogP) is 3.73. The fraction of sp³-hybridized carbons (Fsp3) is 0.167. The third-order valence-corrected chi connectivity index (χ3v) is 3.26. The van der Waals surface area contributed by atoms with Crippen LogP contribution in [-0.2, 0) is 6.42 Å². The zero-order valence-electron chi connectivity index (χ0n) is 8.52. The molecule has 2 aromatic rings. The van der Waals surface area contributed by atoms with Crippen LogP contribution in [0.5, 0.6) is 11.5 Å². The molecule has 0 aliphatic rings. The first-order valence-electron chi connectivity index (χ1n) is 4.89. The normalized spacial score (nSPS) is 10.4. The number of benzene rings is 1. The zero-order chi connectivity index (χ0) is 11.4. The first kappa shape index (κ1) is 11.5. The van der Waals surface area contributed by atoms with Crippen LogP contribution in [0.1, 0.15) is 4.88 Å². The van der Waals surface area contributed by atoms with Gasteiger partial charge in [-0.05, 0) is 30.3 Å². The maximum atomic E-state index is 8.80. The van der Waals surface area contributed by atoms with Crippen LogP contribution in [0.3, 0.4) is 0 Å². The third-order valence-electron chi connectivity index (χ3n) is 2.04. The van der Waals surface area contributed by atoms with Gasteiger partial charge in [-0.3, -0.25) is 0 Å². The molecule has 0 radical (unpaired) electrons. The SMILES string of the molecule is OCCc1cc(Oc2ccc(Cl)cc2)cs1. The van der Waals surface area contributed by atoms with Crippen LogP contribution < -0.4 is 4.74 Å². The molecule has 4 heteroatoms. The van der Waals surface area contributed by atoms with E-state index in [1.807, 2.05) is 23.6 Å². The van der Waals surface area contributed by atoms with E-state index < -0.39 is 0 Å². The lowest BCUT2D eigenvalue weighted by atomic mass is 10.3. The highest BCUT2D eigenvalue weighted by atomic mass is 35.5. The fourth-order valence-electron chi connectivity index (χ4n) is 1.29. The highest BCUT2D eigenvalue weighted by molar-refractivity contribution is 7.10. The highest BCUT2D eigenvalue weighted by Gasteiger charge is 2.01. The van der Waals surface area contributed by atoms with Crippen molar-refractivity contribution in [1.82, 2.24) is 0 Å². The van der Waals surface area contributed by atoms with Gasteiger partial charge in [0.2, 0.25) is 0 Å². The summed E-state index contributed by atoms with van der Waals surface area (Å²) in [6.45, 7) is 0.168. The molecule has 0 aliphatic heterocycles. The Hall–Kier alpha value is -1.03. The van der Waals surface area contributed by atoms with Gasteiger partial charge in [0.1, 0.15) is 11.5 Å². The van der Waals surface area contributed by atoms with Gasteiger partial charge in [-0.2, -0.15) is 0 Å². The molecule has 0 saturated heterocycles. The van der Waals surface area contributed by atoms with E-state index >= 15 is 0 Å². The zero-order valence-corrected chi connectivity index (χ0v) is 10.1. The molecule has 0 amide bonds. The second-order valence-electron chi connectivity index (χ2n) is 3.28. The van der Waals surface area contributed by atoms with Crippen molar-refractivity contribution in [1.29, 1.82) is 0 Å². The second kappa shape index (κ2) is 5.34. The van der Waals surface area contributed by atoms with Gasteiger partial charge in [-0.15, -0.1) is 11.3 Å². The molecule has 0 aliphatic carbocycles. The molecule has 84 valence electrons. The molecule has 1 heterocycles. The van der Waals surface area contributed by atoms with Crippen LogP contribution in [0.25, 0.3) is 0 Å². The van der Waals surface area contributed by atoms with E-state index in [1.165, 1.54) is 0 Å². The van der Waals surface area contributed by atoms with Crippen LogP contribution in [0.15, 0.2) is 35.7 Å². The van der Waals surface area contributed by atoms with Gasteiger partial charge in [0.25, 0.3) is 0 Å². The number of halogens is 1. The molecule has 1 aromatic carbocycles. The van der Waals surface area contributed by atoms with Crippen LogP contribution in [-0.4, -0.2) is 11.7 Å². The molecule has 2 nitrogen and oxygen atoms in total. The van der Waals surface area contributed by atoms with E-state index in [9.17, 15) is 0 Å². The smallest absolute Gasteiger partial charge is 0.138 e. The minimum absolute atomic E-state index is 0.168. The number of hydrogen-bond acceptors (Lipinski definition) is 3. The van der Waals surface area contributed by atoms with E-state index in [1.54, 1.807) is 23.5 Å². The molecule has 0 unspecified atom stereocenters. The maximum Gasteiger partial charge on any atom is 0.138 e. The molecule has 0 bridgehead atoms. The molecule has 16 heavy (non-hydrogen) atoms. The Balaban J connectivity index is 2.05. The summed E-state index contributed by atoms with van der Waals surface area (Å²) in [4.78, 5) is 1.12. The van der Waals surface area contributed by atoms with Crippen LogP contribution in [0.4, 0.5) is 0 Å². The first-order chi connectivity index (χ1) is 7.78. The van der Waals surface area contributed by atoms with Crippen LogP contribution in [0.2, 0.25) is 5.02 Å². The lowest BCUT2D eigenvalue weighted by Crippen LogP contribution is -1.85. The molecule has 0 atom stereocenters. The lowest BCUT2D eigenvalue weighted by Gasteiger charge is -2.02. The lowest BCUT2D eigenvalue weighted by molar-refractivity contribution is 0.300. The summed E-state index contributed by atoms with van der Waals surface area (Å²) in [7, 11) is 0. The number of thiophene rings is 1. The van der Waals surface area contributed by atoms with Crippen molar-refractivity contribution in [2.75, 3.05) is 6.61 Å². The van der Waals surface area contributed by atoms with Crippen molar-refractivity contribution in [2.24, 2.45) is 0 Å². The highest BCUT2D eigenvalue weighted by Crippen LogP contribution is 2.27. The van der Waals surface area contributed by atoms with Crippen LogP contribution >= 0.6 is 22.9 Å². The van der Waals surface area contributed by atoms with Gasteiger partial charge in [0, 0.05) is 28.3 Å². The van der Waals surface area contributed by atoms with Crippen molar-refractivity contribution in [2.45, 2.75) is 6.42 Å². The Morgan fingerprint density at radius 1 is 1.19 bits per heavy atom. The topological polar surface area (TPSA) is 29.5 Å². The Kier molecular flexibility index (Phi) is 3.83. The first-order valence-corrected chi connectivity index (χ1v) is 6.15. The summed E-state index contributed by atoms with van der Waals surface area (Å²) in [5.41, 5.74) is 0. The van der Waals surface area contributed by atoms with Gasteiger partial charge in [0.05, 0.1) is 0 Å². The van der Waals surface area contributed by atoms with Gasteiger partial charge in [0.15, 0.2) is 0 Å². The van der Waals surface area contributed by atoms with E-state index in [-0.39, 0.29) is 6.61 Å². The molecular weight excluding hydrogens is 244 g/mol. The van der Waals surface area contributed by atoms with E-state index in [4.69, 9.17) is 21.4 Å². The van der Waals surface area contributed by atoms with E-state index in [0.717, 1.165) is 16.4 Å². The summed E-state index contributed by atoms with van der Waals surface area (Å²) in [5, 5.41) is 11.4. The summed E-state index contributed by atoms with van der Waals surface area (Å²) < 4.78 is 5.63. The Bertz CT molecular complexity index is 450. The number of hydrogen-bond donors (Lipinski definition) is 1. The summed E-state index contributed by atoms with van der Waals surface area (Å²) in [6, 6.07) is 9.17. The van der Waals surface area contributed by atoms with E-state index in [2.05, 4.69) is 0 Å². The Labute approximate surface area is 103 Å². The monoisotopic (exact) mass is 254 g/mol. The summed E-state index contributed by atoms with van der Waals surface area (Å²) in [5.74, 6) is 1.56. The molecule has 0 spiro atoms. The molecule has 2 rings (SSSR count). The van der Waals surface area contributed by atoms with Gasteiger partial charge in [-0.25, -0.2) is 0 Å². The minimum atomic E-state index is 0.168. The molecule has 1 aromatic heterocycles. The predicted molar refractivity (Wildman–Crippen MR) is 66.6 cm³/mol. The van der Waals surface area contributed by atoms with E-state index in [0.29, 0.717) is 11.4 Å². The average Bonchev–Trinajstić information content (AvgIpc) is 2.70. The maximum absolute atomic E-state index is 8.80. The van der Waals surface area contributed by atoms with Gasteiger partial charge in [-0.1, -0.05) is 11.6 Å². The number of aliphatic hydroxyl groups is 1. The van der Waals surface area contributed by atoms with Crippen LogP contribution in [0, 0.1) is 0 Å². The van der Waals surface area contributed by atoms with Gasteiger partial charge < -0.3 is 9.84 Å². The summed E-state index contributed by atoms with van der Waals surface area (Å²) >= 11 is 7.36. The van der Waals surface area contributed by atoms with Crippen molar-refractivity contribution in [3.8, 4) is 11.5 Å². The second-order valence-corrected chi connectivity index (χ2v) is 4.71. The van der Waals surface area contributed by atoms with Gasteiger partial charge >= 0.3 is 0 Å². The number of ether oxygens (including phenoxy) is 1. The Morgan fingerprint density at radius 2 is 1.94 bits per heavy atom. The minimum Gasteiger partial charge on any atom is -0.456 e. The molecule has 1 N–H and O–H groups in total. The average molecular weight is 255 g/mol. The molecule has 0 saturated carbocycles. The van der Waals surface area contributed by atoms with Crippen molar-refractivity contribution < 1.29 is 9.84 Å².